The maximum Gasteiger partial charge on any atom is 0.220 e. The zero-order valence-corrected chi connectivity index (χ0v) is 44.9. The first-order valence-corrected chi connectivity index (χ1v) is 28.9. The van der Waals surface area contributed by atoms with Crippen molar-refractivity contribution in [1.82, 2.24) is 5.32 Å². The molecule has 2 aliphatic rings. The molecule has 2 saturated heterocycles. The second-order valence-corrected chi connectivity index (χ2v) is 20.4. The summed E-state index contributed by atoms with van der Waals surface area (Å²) >= 11 is 0. The molecular formula is C58H105NO13. The van der Waals surface area contributed by atoms with Crippen LogP contribution in [0.1, 0.15) is 219 Å². The molecule has 420 valence electrons. The zero-order chi connectivity index (χ0) is 52.4. The van der Waals surface area contributed by atoms with Crippen LogP contribution in [-0.4, -0.2) is 140 Å². The summed E-state index contributed by atoms with van der Waals surface area (Å²) in [5.41, 5.74) is 0. The number of hydrogen-bond donors (Lipinski definition) is 9. The Bertz CT molecular complexity index is 1390. The molecule has 14 nitrogen and oxygen atoms in total. The Morgan fingerprint density at radius 3 is 1.40 bits per heavy atom. The summed E-state index contributed by atoms with van der Waals surface area (Å²) in [5.74, 6) is -0.245. The van der Waals surface area contributed by atoms with Crippen molar-refractivity contribution >= 4 is 5.91 Å². The quantitative estimate of drug-likeness (QED) is 0.0205. The third-order valence-electron chi connectivity index (χ3n) is 14.0. The van der Waals surface area contributed by atoms with Gasteiger partial charge in [0.1, 0.15) is 48.8 Å². The van der Waals surface area contributed by atoms with Gasteiger partial charge >= 0.3 is 0 Å². The lowest BCUT2D eigenvalue weighted by Gasteiger charge is -2.46. The van der Waals surface area contributed by atoms with Crippen LogP contribution in [0.4, 0.5) is 0 Å². The Morgan fingerprint density at radius 1 is 0.500 bits per heavy atom. The van der Waals surface area contributed by atoms with E-state index in [2.05, 4.69) is 55.6 Å². The molecule has 1 amide bonds. The standard InChI is InChI=1S/C58H105NO13/c1-3-5-7-9-11-13-15-17-18-19-20-21-22-23-24-25-26-27-28-30-32-34-36-38-40-42-50(63)59-46(47(62)41-39-37-35-33-31-29-16-14-12-10-8-6-4-2)45-69-57-55(68)53(66)56(49(44-61)71-57)72-58-54(67)52(65)51(64)48(43-60)70-58/h15,17,19-20,22-23,39,41,46-49,51-58,60-62,64-68H,3-14,16,18,21,24-38,40,42-45H2,1-2H3,(H,59,63)/b17-15-,20-19-,23-22-,41-39+. The summed E-state index contributed by atoms with van der Waals surface area (Å²) in [4.78, 5) is 13.2. The predicted molar refractivity (Wildman–Crippen MR) is 286 cm³/mol. The fourth-order valence-electron chi connectivity index (χ4n) is 9.30. The van der Waals surface area contributed by atoms with Crippen molar-refractivity contribution in [3.63, 3.8) is 0 Å². The molecule has 0 aromatic carbocycles. The van der Waals surface area contributed by atoms with Crippen LogP contribution >= 0.6 is 0 Å². The van der Waals surface area contributed by atoms with Crippen molar-refractivity contribution in [2.45, 2.75) is 293 Å². The molecule has 0 radical (unpaired) electrons. The van der Waals surface area contributed by atoms with Crippen LogP contribution < -0.4 is 5.32 Å². The lowest BCUT2D eigenvalue weighted by molar-refractivity contribution is -0.359. The summed E-state index contributed by atoms with van der Waals surface area (Å²) in [6, 6.07) is -0.917. The largest absolute Gasteiger partial charge is 0.394 e. The van der Waals surface area contributed by atoms with Crippen LogP contribution in [0.25, 0.3) is 0 Å². The molecular weight excluding hydrogens is 919 g/mol. The average Bonchev–Trinajstić information content (AvgIpc) is 3.38. The molecule has 0 aromatic heterocycles. The Hall–Kier alpha value is -2.05. The van der Waals surface area contributed by atoms with Crippen molar-refractivity contribution < 1.29 is 64.6 Å². The highest BCUT2D eigenvalue weighted by Gasteiger charge is 2.51. The molecule has 0 saturated carbocycles. The van der Waals surface area contributed by atoms with E-state index in [1.165, 1.54) is 135 Å². The maximum atomic E-state index is 13.2. The van der Waals surface area contributed by atoms with E-state index in [0.29, 0.717) is 6.42 Å². The third-order valence-corrected chi connectivity index (χ3v) is 14.0. The predicted octanol–water partition coefficient (Wildman–Crippen LogP) is 9.22. The summed E-state index contributed by atoms with van der Waals surface area (Å²) in [5, 5.41) is 86.9. The Labute approximate surface area is 435 Å². The number of aliphatic hydroxyl groups excluding tert-OH is 8. The molecule has 2 fully saturated rings. The van der Waals surface area contributed by atoms with Crippen molar-refractivity contribution in [2.24, 2.45) is 0 Å². The lowest BCUT2D eigenvalue weighted by Crippen LogP contribution is -2.65. The molecule has 2 rings (SSSR count). The number of carbonyl (C=O) groups is 1. The van der Waals surface area contributed by atoms with Gasteiger partial charge in [0.2, 0.25) is 5.91 Å². The smallest absolute Gasteiger partial charge is 0.220 e. The van der Waals surface area contributed by atoms with E-state index in [4.69, 9.17) is 18.9 Å². The second-order valence-electron chi connectivity index (χ2n) is 20.4. The fraction of sp³-hybridized carbons (Fsp3) is 0.845. The topological polar surface area (TPSA) is 228 Å². The van der Waals surface area contributed by atoms with Gasteiger partial charge in [-0.3, -0.25) is 4.79 Å². The Balaban J connectivity index is 1.75. The first kappa shape index (κ1) is 66.1. The normalized spacial score (nSPS) is 25.9. The monoisotopic (exact) mass is 1020 g/mol. The van der Waals surface area contributed by atoms with Crippen molar-refractivity contribution in [3.8, 4) is 0 Å². The first-order chi connectivity index (χ1) is 35.1. The molecule has 0 bridgehead atoms. The number of nitrogens with one attached hydrogen (secondary N) is 1. The second kappa shape index (κ2) is 44.1. The Morgan fingerprint density at radius 2 is 0.917 bits per heavy atom. The van der Waals surface area contributed by atoms with Crippen LogP contribution in [0.3, 0.4) is 0 Å². The molecule has 0 aromatic rings. The van der Waals surface area contributed by atoms with E-state index in [0.717, 1.165) is 57.8 Å². The number of hydrogen-bond acceptors (Lipinski definition) is 13. The van der Waals surface area contributed by atoms with Crippen molar-refractivity contribution in [3.05, 3.63) is 48.6 Å². The van der Waals surface area contributed by atoms with Gasteiger partial charge in [-0.1, -0.05) is 204 Å². The highest BCUT2D eigenvalue weighted by molar-refractivity contribution is 5.76. The number of unbranched alkanes of at least 4 members (excludes halogenated alkanes) is 26. The van der Waals surface area contributed by atoms with Gasteiger partial charge < -0.3 is 65.1 Å². The van der Waals surface area contributed by atoms with Gasteiger partial charge in [-0.15, -0.1) is 0 Å². The number of allylic oxidation sites excluding steroid dienone is 7. The van der Waals surface area contributed by atoms with E-state index < -0.39 is 86.8 Å². The minimum Gasteiger partial charge on any atom is -0.394 e. The van der Waals surface area contributed by atoms with Gasteiger partial charge in [0.15, 0.2) is 12.6 Å². The molecule has 12 unspecified atom stereocenters. The summed E-state index contributed by atoms with van der Waals surface area (Å²) in [7, 11) is 0. The number of amides is 1. The minimum absolute atomic E-state index is 0.245. The number of rotatable bonds is 45. The number of ether oxygens (including phenoxy) is 4. The first-order valence-electron chi connectivity index (χ1n) is 28.9. The van der Waals surface area contributed by atoms with E-state index in [-0.39, 0.29) is 18.9 Å². The van der Waals surface area contributed by atoms with Gasteiger partial charge in [0.05, 0.1) is 32.0 Å². The lowest BCUT2D eigenvalue weighted by atomic mass is 9.97. The van der Waals surface area contributed by atoms with Crippen LogP contribution in [0.5, 0.6) is 0 Å². The Kier molecular flexibility index (Phi) is 40.5. The minimum atomic E-state index is -1.79. The van der Waals surface area contributed by atoms with Crippen LogP contribution in [0, 0.1) is 0 Å². The molecule has 12 atom stereocenters. The molecule has 0 spiro atoms. The number of aliphatic hydroxyl groups is 8. The van der Waals surface area contributed by atoms with Gasteiger partial charge in [-0.25, -0.2) is 0 Å². The summed E-state index contributed by atoms with van der Waals surface area (Å²) in [6.45, 7) is 2.77. The third kappa shape index (κ3) is 29.9. The highest BCUT2D eigenvalue weighted by atomic mass is 16.7. The molecule has 2 aliphatic heterocycles. The van der Waals surface area contributed by atoms with Gasteiger partial charge in [0.25, 0.3) is 0 Å². The van der Waals surface area contributed by atoms with E-state index in [1.807, 2.05) is 6.08 Å². The van der Waals surface area contributed by atoms with Crippen LogP contribution in [-0.2, 0) is 23.7 Å². The summed E-state index contributed by atoms with van der Waals surface area (Å²) < 4.78 is 22.7. The molecule has 0 aliphatic carbocycles. The zero-order valence-electron chi connectivity index (χ0n) is 44.9. The fourth-order valence-corrected chi connectivity index (χ4v) is 9.30. The van der Waals surface area contributed by atoms with Crippen LogP contribution in [0.2, 0.25) is 0 Å². The molecule has 14 heteroatoms. The molecule has 9 N–H and O–H groups in total. The highest BCUT2D eigenvalue weighted by Crippen LogP contribution is 2.30. The van der Waals surface area contributed by atoms with Crippen LogP contribution in [0.15, 0.2) is 48.6 Å². The van der Waals surface area contributed by atoms with Gasteiger partial charge in [-0.2, -0.15) is 0 Å². The molecule has 72 heavy (non-hydrogen) atoms. The van der Waals surface area contributed by atoms with E-state index in [9.17, 15) is 45.6 Å². The van der Waals surface area contributed by atoms with Crippen molar-refractivity contribution in [2.75, 3.05) is 19.8 Å². The number of carbonyl (C=O) groups excluding carboxylic acids is 1. The SMILES string of the molecule is CCCCCCC/C=C\C/C=C\C/C=C\CCCCCCCCCCCCC(=O)NC(COC1OC(CO)C(OC2OC(CO)C(O)C(O)C2O)C(O)C1O)C(O)/C=C/CCCCCCCCCCCCC. The molecule has 2 heterocycles. The van der Waals surface area contributed by atoms with Crippen molar-refractivity contribution in [1.29, 1.82) is 0 Å². The van der Waals surface area contributed by atoms with Gasteiger partial charge in [-0.05, 0) is 57.8 Å². The van der Waals surface area contributed by atoms with E-state index in [1.54, 1.807) is 6.08 Å². The average molecular weight is 1020 g/mol. The van der Waals surface area contributed by atoms with Gasteiger partial charge in [0, 0.05) is 6.42 Å². The maximum absolute atomic E-state index is 13.2. The summed E-state index contributed by atoms with van der Waals surface area (Å²) in [6.07, 6.45) is 37.2. The van der Waals surface area contributed by atoms with E-state index >= 15 is 0 Å².